The first kappa shape index (κ1) is 10.8. The molecule has 12 heavy (non-hydrogen) atoms. The third-order valence-corrected chi connectivity index (χ3v) is 1.17. The molecule has 0 radical (unpaired) electrons. The first-order valence-corrected chi connectivity index (χ1v) is 3.63. The molecule has 0 bridgehead atoms. The van der Waals surface area contributed by atoms with Gasteiger partial charge in [0.2, 0.25) is 0 Å². The van der Waals surface area contributed by atoms with Crippen LogP contribution in [-0.4, -0.2) is 29.6 Å². The molecule has 0 aliphatic heterocycles. The van der Waals surface area contributed by atoms with Crippen molar-refractivity contribution in [1.29, 1.82) is 0 Å². The summed E-state index contributed by atoms with van der Waals surface area (Å²) >= 11 is 0. The summed E-state index contributed by atoms with van der Waals surface area (Å²) in [5.74, 6) is -1.91. The van der Waals surface area contributed by atoms with Gasteiger partial charge in [-0.3, -0.25) is 4.79 Å². The molecule has 1 unspecified atom stereocenters. The highest BCUT2D eigenvalue weighted by Crippen LogP contribution is 1.95. The molecule has 0 fully saturated rings. The van der Waals surface area contributed by atoms with Gasteiger partial charge in [0.05, 0.1) is 6.61 Å². The Hall–Kier alpha value is -1.16. The molecular weight excluding hydrogens is 160 g/mol. The van der Waals surface area contributed by atoms with Gasteiger partial charge in [-0.2, -0.15) is 0 Å². The van der Waals surface area contributed by atoms with Crippen LogP contribution < -0.4 is 0 Å². The zero-order valence-corrected chi connectivity index (χ0v) is 6.95. The summed E-state index contributed by atoms with van der Waals surface area (Å²) in [7, 11) is 0. The average molecular weight is 172 g/mol. The van der Waals surface area contributed by atoms with Crippen LogP contribution in [0.2, 0.25) is 0 Å². The molecule has 0 aromatic heterocycles. The van der Waals surface area contributed by atoms with Gasteiger partial charge in [0.1, 0.15) is 6.10 Å². The van der Waals surface area contributed by atoms with Crippen molar-refractivity contribution in [3.05, 3.63) is 12.7 Å². The van der Waals surface area contributed by atoms with Crippen molar-refractivity contribution >= 4 is 11.8 Å². The second-order valence-electron chi connectivity index (χ2n) is 2.12. The number of ether oxygens (including phenoxy) is 1. The quantitative estimate of drug-likeness (QED) is 0.361. The SMILES string of the molecule is C=CCC(O)C(=O)C(=O)OCC. The summed E-state index contributed by atoms with van der Waals surface area (Å²) in [5, 5.41) is 8.99. The van der Waals surface area contributed by atoms with E-state index in [0.717, 1.165) is 0 Å². The maximum absolute atomic E-state index is 10.9. The Morgan fingerprint density at radius 3 is 2.67 bits per heavy atom. The third-order valence-electron chi connectivity index (χ3n) is 1.17. The Labute approximate surface area is 70.8 Å². The molecule has 68 valence electrons. The van der Waals surface area contributed by atoms with E-state index < -0.39 is 17.9 Å². The normalized spacial score (nSPS) is 11.8. The van der Waals surface area contributed by atoms with Gasteiger partial charge < -0.3 is 9.84 Å². The summed E-state index contributed by atoms with van der Waals surface area (Å²) in [6.07, 6.45) is 0.112. The minimum atomic E-state index is -1.32. The number of hydrogen-bond acceptors (Lipinski definition) is 4. The Bertz CT molecular complexity index is 185. The molecule has 0 amide bonds. The largest absolute Gasteiger partial charge is 0.460 e. The number of aliphatic hydroxyl groups excluding tert-OH is 1. The van der Waals surface area contributed by atoms with Crippen LogP contribution in [0.5, 0.6) is 0 Å². The van der Waals surface area contributed by atoms with Crippen LogP contribution in [0.1, 0.15) is 13.3 Å². The Morgan fingerprint density at radius 1 is 1.67 bits per heavy atom. The van der Waals surface area contributed by atoms with E-state index in [4.69, 9.17) is 5.11 Å². The maximum Gasteiger partial charge on any atom is 0.377 e. The standard InChI is InChI=1S/C8H12O4/c1-3-5-6(9)7(10)8(11)12-4-2/h3,6,9H,1,4-5H2,2H3. The highest BCUT2D eigenvalue weighted by molar-refractivity contribution is 6.35. The molecular formula is C8H12O4. The zero-order chi connectivity index (χ0) is 9.56. The smallest absolute Gasteiger partial charge is 0.377 e. The highest BCUT2D eigenvalue weighted by Gasteiger charge is 2.22. The van der Waals surface area contributed by atoms with Crippen molar-refractivity contribution in [2.45, 2.75) is 19.4 Å². The third kappa shape index (κ3) is 3.30. The van der Waals surface area contributed by atoms with Crippen molar-refractivity contribution in [2.24, 2.45) is 0 Å². The van der Waals surface area contributed by atoms with Crippen LogP contribution in [0.15, 0.2) is 12.7 Å². The summed E-state index contributed by atoms with van der Waals surface area (Å²) in [5.41, 5.74) is 0. The molecule has 4 nitrogen and oxygen atoms in total. The molecule has 0 aliphatic carbocycles. The number of carbonyl (C=O) groups is 2. The molecule has 0 aliphatic rings. The summed E-state index contributed by atoms with van der Waals surface area (Å²) < 4.78 is 4.39. The van der Waals surface area contributed by atoms with Crippen molar-refractivity contribution in [1.82, 2.24) is 0 Å². The van der Waals surface area contributed by atoms with Crippen LogP contribution >= 0.6 is 0 Å². The van der Waals surface area contributed by atoms with Gasteiger partial charge in [-0.1, -0.05) is 6.08 Å². The van der Waals surface area contributed by atoms with E-state index in [9.17, 15) is 9.59 Å². The lowest BCUT2D eigenvalue weighted by atomic mass is 10.2. The first-order valence-electron chi connectivity index (χ1n) is 3.63. The second-order valence-corrected chi connectivity index (χ2v) is 2.12. The lowest BCUT2D eigenvalue weighted by molar-refractivity contribution is -0.157. The van der Waals surface area contributed by atoms with Crippen LogP contribution in [0.3, 0.4) is 0 Å². The number of aliphatic hydroxyl groups is 1. The van der Waals surface area contributed by atoms with Gasteiger partial charge in [-0.05, 0) is 13.3 Å². The predicted octanol–water partition coefficient (Wildman–Crippen LogP) is 0.0556. The van der Waals surface area contributed by atoms with Gasteiger partial charge in [0, 0.05) is 0 Å². The first-order chi connectivity index (χ1) is 5.63. The molecule has 1 atom stereocenters. The lowest BCUT2D eigenvalue weighted by Crippen LogP contribution is -2.29. The fourth-order valence-electron chi connectivity index (χ4n) is 0.603. The van der Waals surface area contributed by atoms with Crippen LogP contribution in [0.25, 0.3) is 0 Å². The molecule has 4 heteroatoms. The summed E-state index contributed by atoms with van der Waals surface area (Å²) in [6.45, 7) is 5.04. The fourth-order valence-corrected chi connectivity index (χ4v) is 0.603. The maximum atomic E-state index is 10.9. The number of rotatable bonds is 5. The molecule has 0 saturated heterocycles. The molecule has 0 saturated carbocycles. The number of Topliss-reactive ketones (excluding diaryl/α,β-unsaturated/α-hetero) is 1. The van der Waals surface area contributed by atoms with Gasteiger partial charge >= 0.3 is 5.97 Å². The van der Waals surface area contributed by atoms with Crippen LogP contribution in [0, 0.1) is 0 Å². The molecule has 0 aromatic carbocycles. The number of esters is 1. The molecule has 0 heterocycles. The van der Waals surface area contributed by atoms with E-state index in [2.05, 4.69) is 11.3 Å². The lowest BCUT2D eigenvalue weighted by Gasteiger charge is -2.04. The van der Waals surface area contributed by atoms with Crippen molar-refractivity contribution in [3.8, 4) is 0 Å². The Kier molecular flexibility index (Phi) is 4.96. The monoisotopic (exact) mass is 172 g/mol. The number of ketones is 1. The van der Waals surface area contributed by atoms with E-state index in [-0.39, 0.29) is 13.0 Å². The van der Waals surface area contributed by atoms with E-state index in [0.29, 0.717) is 0 Å². The van der Waals surface area contributed by atoms with E-state index >= 15 is 0 Å². The summed E-state index contributed by atoms with van der Waals surface area (Å²) in [4.78, 5) is 21.5. The van der Waals surface area contributed by atoms with Gasteiger partial charge in [0.15, 0.2) is 0 Å². The highest BCUT2D eigenvalue weighted by atomic mass is 16.5. The predicted molar refractivity (Wildman–Crippen MR) is 42.5 cm³/mol. The average Bonchev–Trinajstić information content (AvgIpc) is 2.04. The fraction of sp³-hybridized carbons (Fsp3) is 0.500. The molecule has 0 aromatic rings. The summed E-state index contributed by atoms with van der Waals surface area (Å²) in [6, 6.07) is 0. The van der Waals surface area contributed by atoms with E-state index in [1.807, 2.05) is 0 Å². The van der Waals surface area contributed by atoms with Crippen molar-refractivity contribution in [2.75, 3.05) is 6.61 Å². The minimum absolute atomic E-state index is 0.0671. The Balaban J connectivity index is 3.99. The van der Waals surface area contributed by atoms with Crippen LogP contribution in [-0.2, 0) is 14.3 Å². The minimum Gasteiger partial charge on any atom is -0.460 e. The van der Waals surface area contributed by atoms with Crippen molar-refractivity contribution < 1.29 is 19.4 Å². The topological polar surface area (TPSA) is 63.6 Å². The van der Waals surface area contributed by atoms with Gasteiger partial charge in [-0.15, -0.1) is 6.58 Å². The van der Waals surface area contributed by atoms with E-state index in [1.165, 1.54) is 6.08 Å². The van der Waals surface area contributed by atoms with Gasteiger partial charge in [0.25, 0.3) is 5.78 Å². The van der Waals surface area contributed by atoms with Gasteiger partial charge in [-0.25, -0.2) is 4.79 Å². The zero-order valence-electron chi connectivity index (χ0n) is 6.95. The van der Waals surface area contributed by atoms with E-state index in [1.54, 1.807) is 6.92 Å². The molecule has 1 N–H and O–H groups in total. The number of hydrogen-bond donors (Lipinski definition) is 1. The molecule has 0 rings (SSSR count). The Morgan fingerprint density at radius 2 is 2.25 bits per heavy atom. The second kappa shape index (κ2) is 5.49. The molecule has 0 spiro atoms. The van der Waals surface area contributed by atoms with Crippen LogP contribution in [0.4, 0.5) is 0 Å². The van der Waals surface area contributed by atoms with Crippen molar-refractivity contribution in [3.63, 3.8) is 0 Å². The number of carbonyl (C=O) groups excluding carboxylic acids is 2.